The Bertz CT molecular complexity index is 980. The number of rotatable bonds is 5. The summed E-state index contributed by atoms with van der Waals surface area (Å²) in [5.41, 5.74) is -1.63. The largest absolute Gasteiger partial charge is 0.416 e. The zero-order valence-electron chi connectivity index (χ0n) is 19.1. The first-order valence-electron chi connectivity index (χ1n) is 11.9. The number of benzene rings is 2. The fourth-order valence-electron chi connectivity index (χ4n) is 5.31. The minimum absolute atomic E-state index is 0.0911. The van der Waals surface area contributed by atoms with Crippen LogP contribution in [0.1, 0.15) is 60.3 Å². The van der Waals surface area contributed by atoms with Crippen molar-refractivity contribution >= 4 is 5.91 Å². The van der Waals surface area contributed by atoms with E-state index >= 15 is 0 Å². The average Bonchev–Trinajstić information content (AvgIpc) is 3.32. The summed E-state index contributed by atoms with van der Waals surface area (Å²) in [4.78, 5) is 15.1. The first-order valence-corrected chi connectivity index (χ1v) is 11.9. The van der Waals surface area contributed by atoms with Crippen molar-refractivity contribution in [2.24, 2.45) is 5.92 Å². The zero-order chi connectivity index (χ0) is 25.2. The predicted octanol–water partition coefficient (Wildman–Crippen LogP) is 6.39. The molecular weight excluding hydrogens is 470 g/mol. The maximum Gasteiger partial charge on any atom is 0.416 e. The number of halogens is 6. The molecule has 1 heterocycles. The Morgan fingerprint density at radius 1 is 0.857 bits per heavy atom. The number of carbonyl (C=O) groups excluding carboxylic acids is 1. The van der Waals surface area contributed by atoms with Gasteiger partial charge in [0.1, 0.15) is 0 Å². The highest BCUT2D eigenvalue weighted by molar-refractivity contribution is 5.79. The fourth-order valence-corrected chi connectivity index (χ4v) is 5.31. The third-order valence-electron chi connectivity index (χ3n) is 7.21. The van der Waals surface area contributed by atoms with E-state index in [4.69, 9.17) is 0 Å². The maximum absolute atomic E-state index is 13.1. The molecule has 2 aromatic rings. The minimum atomic E-state index is -4.91. The van der Waals surface area contributed by atoms with Crippen LogP contribution in [0.4, 0.5) is 26.3 Å². The highest BCUT2D eigenvalue weighted by atomic mass is 19.4. The van der Waals surface area contributed by atoms with E-state index in [-0.39, 0.29) is 36.0 Å². The first-order chi connectivity index (χ1) is 16.5. The Kier molecular flexibility index (Phi) is 7.45. The zero-order valence-corrected chi connectivity index (χ0v) is 19.1. The SMILES string of the molecule is O=C(NCc1cc(C(F)(F)F)cc(C(F)(F)F)c1)[C@@H]1CC[C@H](N2CCC(c3ccccc3)CC2)C1. The second kappa shape index (κ2) is 10.2. The van der Waals surface area contributed by atoms with Crippen LogP contribution in [0.3, 0.4) is 0 Å². The lowest BCUT2D eigenvalue weighted by Gasteiger charge is -2.36. The average molecular weight is 499 g/mol. The van der Waals surface area contributed by atoms with Gasteiger partial charge in [-0.05, 0) is 80.4 Å². The lowest BCUT2D eigenvalue weighted by Crippen LogP contribution is -2.40. The summed E-state index contributed by atoms with van der Waals surface area (Å²) in [6.07, 6.45) is -5.55. The number of likely N-dealkylation sites (tertiary alicyclic amines) is 1. The van der Waals surface area contributed by atoms with Crippen LogP contribution in [-0.4, -0.2) is 29.9 Å². The second-order valence-electron chi connectivity index (χ2n) is 9.52. The molecule has 35 heavy (non-hydrogen) atoms. The van der Waals surface area contributed by atoms with E-state index in [0.29, 0.717) is 30.9 Å². The number of alkyl halides is 6. The summed E-state index contributed by atoms with van der Waals surface area (Å²) in [5.74, 6) is -0.0839. The van der Waals surface area contributed by atoms with E-state index in [1.807, 2.05) is 18.2 Å². The molecule has 0 bridgehead atoms. The van der Waals surface area contributed by atoms with Crippen molar-refractivity contribution in [1.29, 1.82) is 0 Å². The number of piperidine rings is 1. The predicted molar refractivity (Wildman–Crippen MR) is 119 cm³/mol. The molecule has 0 unspecified atom stereocenters. The van der Waals surface area contributed by atoms with Gasteiger partial charge in [-0.1, -0.05) is 30.3 Å². The van der Waals surface area contributed by atoms with Crippen LogP contribution in [0.2, 0.25) is 0 Å². The molecule has 190 valence electrons. The molecule has 0 aromatic heterocycles. The van der Waals surface area contributed by atoms with Crippen molar-refractivity contribution in [2.45, 2.75) is 63.0 Å². The van der Waals surface area contributed by atoms with Crippen LogP contribution in [0.15, 0.2) is 48.5 Å². The van der Waals surface area contributed by atoms with E-state index in [9.17, 15) is 31.1 Å². The summed E-state index contributed by atoms with van der Waals surface area (Å²) >= 11 is 0. The van der Waals surface area contributed by atoms with Gasteiger partial charge in [0, 0.05) is 18.5 Å². The molecule has 2 aromatic carbocycles. The van der Waals surface area contributed by atoms with Gasteiger partial charge in [-0.15, -0.1) is 0 Å². The minimum Gasteiger partial charge on any atom is -0.352 e. The summed E-state index contributed by atoms with van der Waals surface area (Å²) in [7, 11) is 0. The van der Waals surface area contributed by atoms with Crippen LogP contribution in [-0.2, 0) is 23.7 Å². The third-order valence-corrected chi connectivity index (χ3v) is 7.21. The molecule has 1 aliphatic heterocycles. The van der Waals surface area contributed by atoms with Gasteiger partial charge in [-0.25, -0.2) is 0 Å². The molecule has 2 atom stereocenters. The van der Waals surface area contributed by atoms with Crippen molar-refractivity contribution in [2.75, 3.05) is 13.1 Å². The van der Waals surface area contributed by atoms with Gasteiger partial charge < -0.3 is 10.2 Å². The molecule has 0 spiro atoms. The number of hydrogen-bond acceptors (Lipinski definition) is 2. The third kappa shape index (κ3) is 6.37. The van der Waals surface area contributed by atoms with Crippen LogP contribution >= 0.6 is 0 Å². The van der Waals surface area contributed by atoms with Crippen molar-refractivity contribution in [3.05, 3.63) is 70.8 Å². The number of nitrogens with one attached hydrogen (secondary N) is 1. The molecule has 9 heteroatoms. The van der Waals surface area contributed by atoms with E-state index in [1.54, 1.807) is 0 Å². The fraction of sp³-hybridized carbons (Fsp3) is 0.500. The molecule has 3 nitrogen and oxygen atoms in total. The molecule has 1 N–H and O–H groups in total. The lowest BCUT2D eigenvalue weighted by molar-refractivity contribution is -0.143. The van der Waals surface area contributed by atoms with Crippen LogP contribution in [0.5, 0.6) is 0 Å². The topological polar surface area (TPSA) is 32.3 Å². The Morgan fingerprint density at radius 3 is 2.03 bits per heavy atom. The van der Waals surface area contributed by atoms with Crippen LogP contribution < -0.4 is 5.32 Å². The number of hydrogen-bond donors (Lipinski definition) is 1. The second-order valence-corrected chi connectivity index (χ2v) is 9.52. The monoisotopic (exact) mass is 498 g/mol. The van der Waals surface area contributed by atoms with Crippen molar-refractivity contribution in [1.82, 2.24) is 10.2 Å². The molecule has 1 saturated carbocycles. The van der Waals surface area contributed by atoms with Crippen LogP contribution in [0.25, 0.3) is 0 Å². The van der Waals surface area contributed by atoms with Crippen LogP contribution in [0, 0.1) is 5.92 Å². The highest BCUT2D eigenvalue weighted by Gasteiger charge is 2.38. The van der Waals surface area contributed by atoms with E-state index in [2.05, 4.69) is 22.3 Å². The Morgan fingerprint density at radius 2 is 1.46 bits per heavy atom. The number of amides is 1. The molecule has 1 amide bonds. The Labute approximate surface area is 200 Å². The molecule has 1 saturated heterocycles. The number of nitrogens with zero attached hydrogens (tertiary/aromatic N) is 1. The van der Waals surface area contributed by atoms with Crippen molar-refractivity contribution in [3.8, 4) is 0 Å². The normalized spacial score (nSPS) is 22.3. The first kappa shape index (κ1) is 25.5. The van der Waals surface area contributed by atoms with Gasteiger partial charge in [0.2, 0.25) is 5.91 Å². The van der Waals surface area contributed by atoms with Gasteiger partial charge in [-0.2, -0.15) is 26.3 Å². The molecular formula is C26H28F6N2O. The summed E-state index contributed by atoms with van der Waals surface area (Å²) in [6, 6.07) is 12.1. The van der Waals surface area contributed by atoms with Gasteiger partial charge >= 0.3 is 12.4 Å². The van der Waals surface area contributed by atoms with Gasteiger partial charge in [0.05, 0.1) is 11.1 Å². The molecule has 1 aliphatic carbocycles. The maximum atomic E-state index is 13.1. The Hall–Kier alpha value is -2.55. The van der Waals surface area contributed by atoms with Gasteiger partial charge in [0.15, 0.2) is 0 Å². The standard InChI is InChI=1S/C26H28F6N2O/c27-25(28,29)21-12-17(13-22(15-21)26(30,31)32)16-33-24(35)20-6-7-23(14-20)34-10-8-19(9-11-34)18-4-2-1-3-5-18/h1-5,12-13,15,19-20,23H,6-11,14,16H2,(H,33,35)/t20-,23+/m1/s1. The Balaban J connectivity index is 1.31. The summed E-state index contributed by atoms with van der Waals surface area (Å²) < 4.78 is 78.4. The van der Waals surface area contributed by atoms with E-state index in [0.717, 1.165) is 32.4 Å². The quantitative estimate of drug-likeness (QED) is 0.485. The molecule has 2 aliphatic rings. The summed E-state index contributed by atoms with van der Waals surface area (Å²) in [6.45, 7) is 1.52. The van der Waals surface area contributed by atoms with Crippen molar-refractivity contribution < 1.29 is 31.1 Å². The lowest BCUT2D eigenvalue weighted by atomic mass is 9.89. The van der Waals surface area contributed by atoms with Gasteiger partial charge in [-0.3, -0.25) is 4.79 Å². The summed E-state index contributed by atoms with van der Waals surface area (Å²) in [5, 5.41) is 2.56. The molecule has 4 rings (SSSR count). The van der Waals surface area contributed by atoms with E-state index in [1.165, 1.54) is 5.56 Å². The number of carbonyl (C=O) groups is 1. The molecule has 2 fully saturated rings. The van der Waals surface area contributed by atoms with E-state index < -0.39 is 23.5 Å². The highest BCUT2D eigenvalue weighted by Crippen LogP contribution is 2.37. The van der Waals surface area contributed by atoms with Crippen molar-refractivity contribution in [3.63, 3.8) is 0 Å². The van der Waals surface area contributed by atoms with Gasteiger partial charge in [0.25, 0.3) is 0 Å². The molecule has 0 radical (unpaired) electrons. The smallest absolute Gasteiger partial charge is 0.352 e.